The Hall–Kier alpha value is 0.200. The average Bonchev–Trinajstić information content (AvgIpc) is 2.11. The van der Waals surface area contributed by atoms with Crippen LogP contribution in [0, 0.1) is 5.92 Å². The Labute approximate surface area is 71.1 Å². The van der Waals surface area contributed by atoms with E-state index in [1.54, 1.807) is 0 Å². The van der Waals surface area contributed by atoms with Crippen molar-refractivity contribution in [3.8, 4) is 0 Å². The van der Waals surface area contributed by atoms with E-state index >= 15 is 0 Å². The van der Waals surface area contributed by atoms with E-state index in [4.69, 9.17) is 15.4 Å². The van der Waals surface area contributed by atoms with Gasteiger partial charge in [0.25, 0.3) is 0 Å². The van der Waals surface area contributed by atoms with Crippen LogP contribution in [0.4, 0.5) is 0 Å². The predicted molar refractivity (Wildman–Crippen MR) is 43.1 cm³/mol. The Morgan fingerprint density at radius 3 is 2.18 bits per heavy atom. The third kappa shape index (κ3) is 1.86. The van der Waals surface area contributed by atoms with Gasteiger partial charge in [0, 0.05) is 16.6 Å². The van der Waals surface area contributed by atoms with E-state index in [0.717, 1.165) is 0 Å². The molecule has 1 rings (SSSR count). The van der Waals surface area contributed by atoms with Crippen molar-refractivity contribution in [1.82, 2.24) is 0 Å². The molecule has 0 radical (unpaired) electrons. The Bertz CT molecular complexity index is 236. The quantitative estimate of drug-likeness (QED) is 0.590. The molecular weight excluding hydrogens is 188 g/mol. The van der Waals surface area contributed by atoms with E-state index in [1.165, 1.54) is 0 Å². The monoisotopic (exact) mass is 198 g/mol. The van der Waals surface area contributed by atoms with Crippen molar-refractivity contribution in [3.05, 3.63) is 0 Å². The van der Waals surface area contributed by atoms with Gasteiger partial charge >= 0.3 is 0 Å². The molecule has 0 aromatic rings. The fourth-order valence-corrected chi connectivity index (χ4v) is 2.81. The molecule has 0 saturated carbocycles. The van der Waals surface area contributed by atoms with E-state index < -0.39 is 14.3 Å². The predicted octanol–water partition coefficient (Wildman–Crippen LogP) is 0.978. The molecule has 0 aliphatic carbocycles. The minimum absolute atomic E-state index is 0.00231. The van der Waals surface area contributed by atoms with Crippen LogP contribution in [0.15, 0.2) is 0 Å². The first-order valence-electron chi connectivity index (χ1n) is 3.48. The van der Waals surface area contributed by atoms with Gasteiger partial charge < -0.3 is 4.74 Å². The summed E-state index contributed by atoms with van der Waals surface area (Å²) in [5.41, 5.74) is 0. The molecule has 1 heterocycles. The molecule has 66 valence electrons. The molecule has 0 N–H and O–H groups in total. The first kappa shape index (κ1) is 9.29. The third-order valence-corrected chi connectivity index (χ3v) is 4.19. The molecule has 3 atom stereocenters. The SMILES string of the molecule is CC1OCC(S(=O)(=O)Cl)C1C. The van der Waals surface area contributed by atoms with Gasteiger partial charge in [0.05, 0.1) is 12.7 Å². The molecule has 1 saturated heterocycles. The summed E-state index contributed by atoms with van der Waals surface area (Å²) < 4.78 is 26.9. The first-order valence-corrected chi connectivity index (χ1v) is 5.85. The summed E-state index contributed by atoms with van der Waals surface area (Å²) in [6.45, 7) is 3.92. The van der Waals surface area contributed by atoms with Crippen LogP contribution in [0.2, 0.25) is 0 Å². The van der Waals surface area contributed by atoms with E-state index in [2.05, 4.69) is 0 Å². The van der Waals surface area contributed by atoms with Crippen LogP contribution in [0.1, 0.15) is 13.8 Å². The summed E-state index contributed by atoms with van der Waals surface area (Å²) in [6.07, 6.45) is -0.00600. The Morgan fingerprint density at radius 1 is 1.45 bits per heavy atom. The zero-order chi connectivity index (χ0) is 8.65. The van der Waals surface area contributed by atoms with Crippen molar-refractivity contribution in [2.75, 3.05) is 6.61 Å². The van der Waals surface area contributed by atoms with Gasteiger partial charge in [-0.1, -0.05) is 6.92 Å². The van der Waals surface area contributed by atoms with Crippen molar-refractivity contribution in [1.29, 1.82) is 0 Å². The number of rotatable bonds is 1. The Kier molecular flexibility index (Phi) is 2.46. The zero-order valence-corrected chi connectivity index (χ0v) is 8.02. The summed E-state index contributed by atoms with van der Waals surface area (Å²) >= 11 is 0. The standard InChI is InChI=1S/C6H11ClO3S/c1-4-5(2)10-3-6(4)11(7,8)9/h4-6H,3H2,1-2H3. The van der Waals surface area contributed by atoms with Crippen LogP contribution in [0.5, 0.6) is 0 Å². The fourth-order valence-electron chi connectivity index (χ4n) is 1.19. The van der Waals surface area contributed by atoms with Crippen LogP contribution in [-0.2, 0) is 13.8 Å². The molecule has 3 nitrogen and oxygen atoms in total. The number of hydrogen-bond acceptors (Lipinski definition) is 3. The highest BCUT2D eigenvalue weighted by Crippen LogP contribution is 2.27. The van der Waals surface area contributed by atoms with Crippen LogP contribution >= 0.6 is 10.7 Å². The number of ether oxygens (including phenoxy) is 1. The highest BCUT2D eigenvalue weighted by atomic mass is 35.7. The van der Waals surface area contributed by atoms with Crippen molar-refractivity contribution in [2.45, 2.75) is 25.2 Å². The van der Waals surface area contributed by atoms with Gasteiger partial charge in [-0.3, -0.25) is 0 Å². The minimum atomic E-state index is -3.44. The third-order valence-electron chi connectivity index (χ3n) is 2.21. The number of hydrogen-bond donors (Lipinski definition) is 0. The van der Waals surface area contributed by atoms with Gasteiger partial charge in [0.2, 0.25) is 9.05 Å². The number of halogens is 1. The molecule has 1 aliphatic rings. The Balaban J connectivity index is 2.78. The van der Waals surface area contributed by atoms with Gasteiger partial charge in [-0.2, -0.15) is 0 Å². The molecule has 0 bridgehead atoms. The van der Waals surface area contributed by atoms with Crippen molar-refractivity contribution in [2.24, 2.45) is 5.92 Å². The smallest absolute Gasteiger partial charge is 0.238 e. The second-order valence-electron chi connectivity index (χ2n) is 2.91. The van der Waals surface area contributed by atoms with Crippen LogP contribution in [0.3, 0.4) is 0 Å². The summed E-state index contributed by atoms with van der Waals surface area (Å²) in [7, 11) is 1.75. The van der Waals surface area contributed by atoms with E-state index in [0.29, 0.717) is 0 Å². The average molecular weight is 199 g/mol. The van der Waals surface area contributed by atoms with Gasteiger partial charge in [-0.05, 0) is 6.92 Å². The van der Waals surface area contributed by atoms with Crippen LogP contribution in [0.25, 0.3) is 0 Å². The lowest BCUT2D eigenvalue weighted by Gasteiger charge is -2.11. The topological polar surface area (TPSA) is 43.4 Å². The van der Waals surface area contributed by atoms with Crippen molar-refractivity contribution < 1.29 is 13.2 Å². The second-order valence-corrected chi connectivity index (χ2v) is 5.76. The van der Waals surface area contributed by atoms with Crippen LogP contribution in [-0.4, -0.2) is 26.4 Å². The fraction of sp³-hybridized carbons (Fsp3) is 1.00. The summed E-state index contributed by atoms with van der Waals surface area (Å²) in [6, 6.07) is 0. The zero-order valence-electron chi connectivity index (χ0n) is 6.45. The highest BCUT2D eigenvalue weighted by molar-refractivity contribution is 8.14. The molecule has 1 aliphatic heterocycles. The molecule has 0 spiro atoms. The lowest BCUT2D eigenvalue weighted by Crippen LogP contribution is -2.24. The van der Waals surface area contributed by atoms with Gasteiger partial charge in [-0.15, -0.1) is 0 Å². The van der Waals surface area contributed by atoms with E-state index in [-0.39, 0.29) is 18.6 Å². The first-order chi connectivity index (χ1) is 4.93. The Morgan fingerprint density at radius 2 is 2.00 bits per heavy atom. The molecule has 5 heteroatoms. The van der Waals surface area contributed by atoms with Crippen LogP contribution < -0.4 is 0 Å². The van der Waals surface area contributed by atoms with Gasteiger partial charge in [0.1, 0.15) is 5.25 Å². The molecule has 0 amide bonds. The maximum atomic E-state index is 10.9. The molecule has 0 aromatic heterocycles. The second kappa shape index (κ2) is 2.92. The molecule has 3 unspecified atom stereocenters. The summed E-state index contributed by atoms with van der Waals surface area (Å²) in [4.78, 5) is 0. The maximum Gasteiger partial charge on any atom is 0.238 e. The lowest BCUT2D eigenvalue weighted by molar-refractivity contribution is 0.109. The van der Waals surface area contributed by atoms with Gasteiger partial charge in [0.15, 0.2) is 0 Å². The molecular formula is C6H11ClO3S. The van der Waals surface area contributed by atoms with Crippen molar-refractivity contribution >= 4 is 19.7 Å². The van der Waals surface area contributed by atoms with Gasteiger partial charge in [-0.25, -0.2) is 8.42 Å². The molecule has 1 fully saturated rings. The minimum Gasteiger partial charge on any atom is -0.377 e. The molecule has 11 heavy (non-hydrogen) atoms. The summed E-state index contributed by atoms with van der Waals surface area (Å²) in [5, 5.41) is -0.529. The lowest BCUT2D eigenvalue weighted by atomic mass is 10.1. The normalized spacial score (nSPS) is 39.4. The molecule has 0 aromatic carbocycles. The highest BCUT2D eigenvalue weighted by Gasteiger charge is 2.38. The summed E-state index contributed by atoms with van der Waals surface area (Å²) in [5.74, 6) is -0.00231. The van der Waals surface area contributed by atoms with Crippen molar-refractivity contribution in [3.63, 3.8) is 0 Å². The largest absolute Gasteiger partial charge is 0.377 e. The maximum absolute atomic E-state index is 10.9. The van der Waals surface area contributed by atoms with E-state index in [9.17, 15) is 8.42 Å². The van der Waals surface area contributed by atoms with E-state index in [1.807, 2.05) is 13.8 Å².